The van der Waals surface area contributed by atoms with Gasteiger partial charge >= 0.3 is 11.7 Å². The van der Waals surface area contributed by atoms with E-state index in [4.69, 9.17) is 9.84 Å². The number of nitro groups is 1. The Labute approximate surface area is 117 Å². The first-order chi connectivity index (χ1) is 8.92. The topological polar surface area (TPSA) is 89.7 Å². The van der Waals surface area contributed by atoms with E-state index in [1.807, 2.05) is 0 Å². The van der Waals surface area contributed by atoms with Gasteiger partial charge in [0.15, 0.2) is 5.75 Å². The zero-order chi connectivity index (χ0) is 14.0. The van der Waals surface area contributed by atoms with Crippen molar-refractivity contribution in [3.63, 3.8) is 0 Å². The molecule has 0 saturated heterocycles. The smallest absolute Gasteiger partial charge is 0.312 e. The van der Waals surface area contributed by atoms with E-state index < -0.39 is 16.5 Å². The molecule has 1 N–H and O–H groups in total. The van der Waals surface area contributed by atoms with E-state index in [1.54, 1.807) is 6.07 Å². The molecule has 1 aromatic rings. The number of carboxylic acid groups (broad SMARTS) is 1. The molecule has 0 aromatic heterocycles. The van der Waals surface area contributed by atoms with Crippen molar-refractivity contribution in [2.75, 3.05) is 0 Å². The zero-order valence-corrected chi connectivity index (χ0v) is 11.6. The van der Waals surface area contributed by atoms with Gasteiger partial charge in [-0.3, -0.25) is 14.9 Å². The number of ether oxygens (including phenoxy) is 1. The minimum atomic E-state index is -0.959. The van der Waals surface area contributed by atoms with Gasteiger partial charge in [-0.15, -0.1) is 0 Å². The molecule has 19 heavy (non-hydrogen) atoms. The maximum Gasteiger partial charge on any atom is 0.312 e. The van der Waals surface area contributed by atoms with Crippen LogP contribution in [0.15, 0.2) is 22.7 Å². The van der Waals surface area contributed by atoms with E-state index in [-0.39, 0.29) is 17.9 Å². The summed E-state index contributed by atoms with van der Waals surface area (Å²) >= 11 is 3.16. The molecule has 1 aliphatic rings. The van der Waals surface area contributed by atoms with Crippen LogP contribution >= 0.6 is 15.9 Å². The van der Waals surface area contributed by atoms with Crippen LogP contribution in [0.25, 0.3) is 0 Å². The summed E-state index contributed by atoms with van der Waals surface area (Å²) in [7, 11) is 0. The van der Waals surface area contributed by atoms with Gasteiger partial charge in [0.1, 0.15) is 5.60 Å². The summed E-state index contributed by atoms with van der Waals surface area (Å²) in [6.45, 7) is 0. The molecule has 102 valence electrons. The third-order valence-corrected chi connectivity index (χ3v) is 3.68. The van der Waals surface area contributed by atoms with Crippen LogP contribution in [0.2, 0.25) is 0 Å². The van der Waals surface area contributed by atoms with E-state index in [2.05, 4.69) is 15.9 Å². The van der Waals surface area contributed by atoms with Crippen molar-refractivity contribution >= 4 is 27.6 Å². The number of rotatable bonds is 5. The lowest BCUT2D eigenvalue weighted by atomic mass is 9.77. The molecule has 0 atom stereocenters. The van der Waals surface area contributed by atoms with Gasteiger partial charge in [0.05, 0.1) is 11.3 Å². The van der Waals surface area contributed by atoms with Crippen molar-refractivity contribution in [1.82, 2.24) is 0 Å². The lowest BCUT2D eigenvalue weighted by molar-refractivity contribution is -0.386. The Morgan fingerprint density at radius 1 is 1.53 bits per heavy atom. The molecule has 0 heterocycles. The number of nitro benzene ring substituents is 1. The standard InChI is InChI=1S/C12H12BrNO5/c13-8-2-3-10(9(6-8)14(17)18)19-12(4-1-5-12)7-11(15)16/h2-3,6H,1,4-5,7H2,(H,15,16). The molecule has 1 saturated carbocycles. The van der Waals surface area contributed by atoms with Crippen molar-refractivity contribution in [2.24, 2.45) is 0 Å². The number of aliphatic carboxylic acids is 1. The monoisotopic (exact) mass is 329 g/mol. The molecule has 2 rings (SSSR count). The fraction of sp³-hybridized carbons (Fsp3) is 0.417. The van der Waals surface area contributed by atoms with Crippen LogP contribution in [-0.4, -0.2) is 21.6 Å². The van der Waals surface area contributed by atoms with Crippen LogP contribution in [-0.2, 0) is 4.79 Å². The van der Waals surface area contributed by atoms with Crippen molar-refractivity contribution in [2.45, 2.75) is 31.3 Å². The molecule has 0 radical (unpaired) electrons. The highest BCUT2D eigenvalue weighted by atomic mass is 79.9. The van der Waals surface area contributed by atoms with Crippen LogP contribution < -0.4 is 4.74 Å². The van der Waals surface area contributed by atoms with E-state index in [0.717, 1.165) is 6.42 Å². The number of carboxylic acids is 1. The quantitative estimate of drug-likeness (QED) is 0.662. The zero-order valence-electron chi connectivity index (χ0n) is 9.97. The molecule has 1 aliphatic carbocycles. The predicted octanol–water partition coefficient (Wildman–Crippen LogP) is 3.13. The summed E-state index contributed by atoms with van der Waals surface area (Å²) in [5.41, 5.74) is -0.962. The summed E-state index contributed by atoms with van der Waals surface area (Å²) in [5, 5.41) is 19.9. The van der Waals surface area contributed by atoms with Gasteiger partial charge in [-0.2, -0.15) is 0 Å². The van der Waals surface area contributed by atoms with Crippen molar-refractivity contribution in [1.29, 1.82) is 0 Å². The molecule has 1 fully saturated rings. The lowest BCUT2D eigenvalue weighted by Gasteiger charge is -2.40. The molecule has 0 aliphatic heterocycles. The molecule has 1 aromatic carbocycles. The number of hydrogen-bond donors (Lipinski definition) is 1. The summed E-state index contributed by atoms with van der Waals surface area (Å²) < 4.78 is 6.23. The number of halogens is 1. The van der Waals surface area contributed by atoms with Gasteiger partial charge in [0.2, 0.25) is 0 Å². The lowest BCUT2D eigenvalue weighted by Crippen LogP contribution is -2.45. The predicted molar refractivity (Wildman–Crippen MR) is 70.3 cm³/mol. The first kappa shape index (κ1) is 13.8. The van der Waals surface area contributed by atoms with Crippen molar-refractivity contribution in [3.05, 3.63) is 32.8 Å². The average Bonchev–Trinajstić information content (AvgIpc) is 2.27. The largest absolute Gasteiger partial charge is 0.481 e. The van der Waals surface area contributed by atoms with Crippen molar-refractivity contribution in [3.8, 4) is 5.75 Å². The maximum absolute atomic E-state index is 11.0. The van der Waals surface area contributed by atoms with Gasteiger partial charge in [0.25, 0.3) is 0 Å². The normalized spacial score (nSPS) is 16.5. The van der Waals surface area contributed by atoms with Gasteiger partial charge in [-0.05, 0) is 31.4 Å². The number of nitrogens with zero attached hydrogens (tertiary/aromatic N) is 1. The Bertz CT molecular complexity index is 527. The summed E-state index contributed by atoms with van der Waals surface area (Å²) in [4.78, 5) is 21.3. The number of benzene rings is 1. The summed E-state index contributed by atoms with van der Waals surface area (Å²) in [5.74, 6) is -0.839. The molecule has 0 bridgehead atoms. The van der Waals surface area contributed by atoms with Gasteiger partial charge in [-0.1, -0.05) is 15.9 Å². The van der Waals surface area contributed by atoms with E-state index in [0.29, 0.717) is 17.3 Å². The minimum Gasteiger partial charge on any atom is -0.481 e. The number of carbonyl (C=O) groups is 1. The van der Waals surface area contributed by atoms with Crippen LogP contribution in [0.5, 0.6) is 5.75 Å². The van der Waals surface area contributed by atoms with Gasteiger partial charge in [-0.25, -0.2) is 0 Å². The van der Waals surface area contributed by atoms with Crippen LogP contribution in [0.1, 0.15) is 25.7 Å². The second-order valence-electron chi connectivity index (χ2n) is 4.58. The molecule has 0 spiro atoms. The summed E-state index contributed by atoms with van der Waals surface area (Å²) in [6, 6.07) is 4.47. The van der Waals surface area contributed by atoms with E-state index >= 15 is 0 Å². The Kier molecular flexibility index (Phi) is 3.75. The van der Waals surface area contributed by atoms with E-state index in [1.165, 1.54) is 12.1 Å². The third-order valence-electron chi connectivity index (χ3n) is 3.18. The highest BCUT2D eigenvalue weighted by Gasteiger charge is 2.42. The third kappa shape index (κ3) is 3.04. The second kappa shape index (κ2) is 5.16. The maximum atomic E-state index is 11.0. The highest BCUT2D eigenvalue weighted by molar-refractivity contribution is 9.10. The minimum absolute atomic E-state index is 0.120. The first-order valence-electron chi connectivity index (χ1n) is 5.77. The Balaban J connectivity index is 2.27. The fourth-order valence-electron chi connectivity index (χ4n) is 2.11. The fourth-order valence-corrected chi connectivity index (χ4v) is 2.46. The first-order valence-corrected chi connectivity index (χ1v) is 6.56. The van der Waals surface area contributed by atoms with Crippen LogP contribution in [0.4, 0.5) is 5.69 Å². The molecular weight excluding hydrogens is 318 g/mol. The SMILES string of the molecule is O=C(O)CC1(Oc2ccc(Br)cc2[N+](=O)[O-])CCC1. The average molecular weight is 330 g/mol. The van der Waals surface area contributed by atoms with Gasteiger partial charge in [0, 0.05) is 10.5 Å². The Morgan fingerprint density at radius 3 is 2.68 bits per heavy atom. The van der Waals surface area contributed by atoms with Crippen molar-refractivity contribution < 1.29 is 19.6 Å². The highest BCUT2D eigenvalue weighted by Crippen LogP contribution is 2.42. The van der Waals surface area contributed by atoms with E-state index in [9.17, 15) is 14.9 Å². The van der Waals surface area contributed by atoms with Crippen LogP contribution in [0, 0.1) is 10.1 Å². The second-order valence-corrected chi connectivity index (χ2v) is 5.49. The molecule has 0 amide bonds. The Morgan fingerprint density at radius 2 is 2.21 bits per heavy atom. The molecule has 6 nitrogen and oxygen atoms in total. The number of hydrogen-bond acceptors (Lipinski definition) is 4. The molecular formula is C12H12BrNO5. The summed E-state index contributed by atoms with van der Waals surface area (Å²) in [6.07, 6.45) is 1.94. The Hall–Kier alpha value is -1.63. The van der Waals surface area contributed by atoms with Crippen LogP contribution in [0.3, 0.4) is 0 Å². The molecule has 7 heteroatoms. The molecule has 0 unspecified atom stereocenters. The van der Waals surface area contributed by atoms with Gasteiger partial charge < -0.3 is 9.84 Å².